The average Bonchev–Trinajstić information content (AvgIpc) is 3.31. The molecule has 1 radical (unpaired) electrons. The maximum Gasteiger partial charge on any atom is 3.00 e. The van der Waals surface area contributed by atoms with Crippen LogP contribution in [0.4, 0.5) is 11.4 Å². The maximum absolute atomic E-state index is 4.44. The van der Waals surface area contributed by atoms with Crippen LogP contribution in [0.15, 0.2) is 60.7 Å². The first kappa shape index (κ1) is 23.8. The molecule has 2 aromatic rings. The quantitative estimate of drug-likeness (QED) is 0.386. The van der Waals surface area contributed by atoms with Gasteiger partial charge in [0.2, 0.25) is 0 Å². The number of para-hydroxylation sites is 2. The van der Waals surface area contributed by atoms with Crippen LogP contribution in [0.2, 0.25) is 0 Å². The van der Waals surface area contributed by atoms with E-state index in [1.165, 1.54) is 51.4 Å². The molecule has 2 aliphatic carbocycles. The van der Waals surface area contributed by atoms with E-state index in [-0.39, 0.29) is 46.9 Å². The number of nitrogens with zero attached hydrogens (tertiary/aromatic N) is 1. The van der Waals surface area contributed by atoms with E-state index in [4.69, 9.17) is 0 Å². The third-order valence-electron chi connectivity index (χ3n) is 5.06. The van der Waals surface area contributed by atoms with Crippen molar-refractivity contribution in [1.29, 1.82) is 0 Å². The van der Waals surface area contributed by atoms with Crippen molar-refractivity contribution in [1.82, 2.24) is 0 Å². The first-order valence-electron chi connectivity index (χ1n) is 10.1. The van der Waals surface area contributed by atoms with Crippen LogP contribution in [0, 0.1) is 58.8 Å². The zero-order valence-electron chi connectivity index (χ0n) is 16.3. The molecule has 1 nitrogen and oxygen atoms in total. The molecular weight excluding hydrogens is 475 g/mol. The van der Waals surface area contributed by atoms with Crippen LogP contribution in [0.5, 0.6) is 0 Å². The number of benzene rings is 2. The molecule has 0 spiro atoms. The zero-order valence-corrected chi connectivity index (χ0v) is 18.0. The van der Waals surface area contributed by atoms with Crippen LogP contribution in [0.25, 0.3) is 5.32 Å². The Hall–Kier alpha value is -0.241. The van der Waals surface area contributed by atoms with Crippen molar-refractivity contribution in [2.24, 2.45) is 11.8 Å². The fourth-order valence-corrected chi connectivity index (χ4v) is 3.41. The fourth-order valence-electron chi connectivity index (χ4n) is 3.41. The van der Waals surface area contributed by atoms with Crippen LogP contribution in [0.3, 0.4) is 0 Å². The van der Waals surface area contributed by atoms with Gasteiger partial charge in [-0.05, 0) is 11.8 Å². The summed E-state index contributed by atoms with van der Waals surface area (Å²) in [5, 5.41) is 4.44. The van der Waals surface area contributed by atoms with Crippen molar-refractivity contribution < 1.29 is 46.9 Å². The van der Waals surface area contributed by atoms with Gasteiger partial charge in [0.05, 0.1) is 0 Å². The van der Waals surface area contributed by atoms with Crippen LogP contribution < -0.4 is 0 Å². The van der Waals surface area contributed by atoms with Gasteiger partial charge in [-0.2, -0.15) is 0 Å². The van der Waals surface area contributed by atoms with Crippen LogP contribution in [-0.2, 0) is 0 Å². The summed E-state index contributed by atoms with van der Waals surface area (Å²) in [6.07, 6.45) is 11.9. The molecule has 0 heterocycles. The summed E-state index contributed by atoms with van der Waals surface area (Å²) in [7, 11) is 0. The summed E-state index contributed by atoms with van der Waals surface area (Å²) in [6.45, 7) is 4.68. The second-order valence-corrected chi connectivity index (χ2v) is 7.56. The van der Waals surface area contributed by atoms with Crippen LogP contribution >= 0.6 is 0 Å². The Morgan fingerprint density at radius 2 is 0.885 bits per heavy atom. The molecule has 2 fully saturated rings. The van der Waals surface area contributed by atoms with Crippen molar-refractivity contribution in [3.8, 4) is 0 Å². The molecule has 0 N–H and O–H groups in total. The Morgan fingerprint density at radius 1 is 0.577 bits per heavy atom. The van der Waals surface area contributed by atoms with Crippen LogP contribution in [0.1, 0.15) is 65.2 Å². The monoisotopic (exact) mass is 510 g/mol. The van der Waals surface area contributed by atoms with E-state index in [2.05, 4.69) is 19.2 Å². The molecule has 2 saturated carbocycles. The van der Waals surface area contributed by atoms with E-state index in [0.29, 0.717) is 0 Å². The number of hydrogen-bond acceptors (Lipinski definition) is 0. The largest absolute Gasteiger partial charge is 3.00 e. The van der Waals surface area contributed by atoms with Crippen LogP contribution in [-0.4, -0.2) is 0 Å². The fraction of sp³-hybridized carbons (Fsp3) is 0.500. The second-order valence-electron chi connectivity index (χ2n) is 7.56. The van der Waals surface area contributed by atoms with E-state index in [9.17, 15) is 0 Å². The summed E-state index contributed by atoms with van der Waals surface area (Å²) in [5.74, 6) is 2.09. The minimum atomic E-state index is 0. The topological polar surface area (TPSA) is 14.1 Å². The van der Waals surface area contributed by atoms with Crippen molar-refractivity contribution in [2.75, 3.05) is 0 Å². The number of rotatable bonds is 2. The smallest absolute Gasteiger partial charge is 0.658 e. The molecule has 0 aromatic heterocycles. The minimum Gasteiger partial charge on any atom is -0.658 e. The van der Waals surface area contributed by atoms with Gasteiger partial charge < -0.3 is 5.32 Å². The third-order valence-corrected chi connectivity index (χ3v) is 5.06. The van der Waals surface area contributed by atoms with Gasteiger partial charge in [-0.15, -0.1) is 11.4 Å². The molecule has 0 unspecified atom stereocenters. The van der Waals surface area contributed by atoms with E-state index >= 15 is 0 Å². The molecule has 0 bridgehead atoms. The van der Waals surface area contributed by atoms with E-state index < -0.39 is 0 Å². The van der Waals surface area contributed by atoms with Gasteiger partial charge >= 0.3 is 46.9 Å². The summed E-state index contributed by atoms with van der Waals surface area (Å²) < 4.78 is 0. The molecule has 2 aromatic carbocycles. The first-order chi connectivity index (χ1) is 12.2. The summed E-state index contributed by atoms with van der Waals surface area (Å²) in [6, 6.07) is 19.9. The molecular formula is C24H34NYb+2. The van der Waals surface area contributed by atoms with E-state index in [1.807, 2.05) is 60.7 Å². The van der Waals surface area contributed by atoms with Gasteiger partial charge in [0.15, 0.2) is 0 Å². The molecule has 147 valence electrons. The number of hydrogen-bond donors (Lipinski definition) is 0. The van der Waals surface area contributed by atoms with Crippen molar-refractivity contribution in [3.05, 3.63) is 66.0 Å². The Kier molecular flexibility index (Phi) is 13.5. The first-order valence-corrected chi connectivity index (χ1v) is 10.1. The molecule has 0 aliphatic heterocycles. The predicted octanol–water partition coefficient (Wildman–Crippen LogP) is 8.42. The standard InChI is InChI=1S/C12H10N.2C6H12.Yb/c1-3-7-11(8-4-1)13-12-9-5-2-6-10-12;2*1-6-4-2-3-5-6;/h1-10H;2*6H,2-5H2,1H3;/q-1;;;+3. The van der Waals surface area contributed by atoms with Gasteiger partial charge in [-0.25, -0.2) is 0 Å². The molecule has 2 aliphatic rings. The second kappa shape index (κ2) is 14.8. The summed E-state index contributed by atoms with van der Waals surface area (Å²) in [5.41, 5.74) is 1.99. The Labute approximate surface area is 199 Å². The minimum absolute atomic E-state index is 0. The molecule has 0 amide bonds. The van der Waals surface area contributed by atoms with E-state index in [1.54, 1.807) is 0 Å². The predicted molar refractivity (Wildman–Crippen MR) is 111 cm³/mol. The van der Waals surface area contributed by atoms with Crippen molar-refractivity contribution in [3.63, 3.8) is 0 Å². The Bertz CT molecular complexity index is 491. The summed E-state index contributed by atoms with van der Waals surface area (Å²) in [4.78, 5) is 0. The zero-order chi connectivity index (χ0) is 17.7. The third kappa shape index (κ3) is 10.8. The van der Waals surface area contributed by atoms with E-state index in [0.717, 1.165) is 23.2 Å². The van der Waals surface area contributed by atoms with Gasteiger partial charge in [-0.3, -0.25) is 0 Å². The molecule has 0 atom stereocenters. The Balaban J connectivity index is 0.000000218. The summed E-state index contributed by atoms with van der Waals surface area (Å²) >= 11 is 0. The maximum atomic E-state index is 4.44. The van der Waals surface area contributed by atoms with Gasteiger partial charge in [0.25, 0.3) is 0 Å². The normalized spacial score (nSPS) is 16.5. The van der Waals surface area contributed by atoms with Gasteiger partial charge in [-0.1, -0.05) is 126 Å². The van der Waals surface area contributed by atoms with Crippen molar-refractivity contribution in [2.45, 2.75) is 65.2 Å². The average molecular weight is 510 g/mol. The molecule has 26 heavy (non-hydrogen) atoms. The van der Waals surface area contributed by atoms with Gasteiger partial charge in [0.1, 0.15) is 0 Å². The molecule has 4 rings (SSSR count). The van der Waals surface area contributed by atoms with Gasteiger partial charge in [0, 0.05) is 0 Å². The molecule has 0 saturated heterocycles. The molecule has 2 heteroatoms. The van der Waals surface area contributed by atoms with Crippen molar-refractivity contribution >= 4 is 11.4 Å². The Morgan fingerprint density at radius 3 is 1.12 bits per heavy atom. The SMILES string of the molecule is CC1CCCC1.CC1CCCC1.[Yb+3].c1ccc([N-]c2ccccc2)cc1.